The van der Waals surface area contributed by atoms with Gasteiger partial charge in [-0.1, -0.05) is 6.07 Å². The Morgan fingerprint density at radius 2 is 1.59 bits per heavy atom. The maximum Gasteiger partial charge on any atom is 0.262 e. The van der Waals surface area contributed by atoms with E-state index in [4.69, 9.17) is 0 Å². The van der Waals surface area contributed by atoms with Crippen LogP contribution < -0.4 is 10.6 Å². The predicted octanol–water partition coefficient (Wildman–Crippen LogP) is 5.04. The highest BCUT2D eigenvalue weighted by Gasteiger charge is 2.46. The Hall–Kier alpha value is -5.68. The van der Waals surface area contributed by atoms with Crippen molar-refractivity contribution in [2.24, 2.45) is 5.92 Å². The Balaban J connectivity index is 0.742. The first-order chi connectivity index (χ1) is 29.3. The molecule has 13 nitrogen and oxygen atoms in total. The molecule has 1 saturated carbocycles. The summed E-state index contributed by atoms with van der Waals surface area (Å²) in [4.78, 5) is 70.9. The van der Waals surface area contributed by atoms with Gasteiger partial charge in [0.2, 0.25) is 17.7 Å². The highest BCUT2D eigenvalue weighted by atomic mass is 19.3. The van der Waals surface area contributed by atoms with Crippen LogP contribution in [0.2, 0.25) is 0 Å². The van der Waals surface area contributed by atoms with E-state index in [0.717, 1.165) is 45.3 Å². The lowest BCUT2D eigenvalue weighted by Gasteiger charge is -2.43. The number of H-pyrrole nitrogens is 1. The minimum Gasteiger partial charge on any atom is -0.379 e. The minimum absolute atomic E-state index is 0.0545. The summed E-state index contributed by atoms with van der Waals surface area (Å²) in [5, 5.41) is 13.2. The summed E-state index contributed by atoms with van der Waals surface area (Å²) in [7, 11) is 0. The summed E-state index contributed by atoms with van der Waals surface area (Å²) in [6, 6.07) is 6.92. The third-order valence-corrected chi connectivity index (χ3v) is 13.8. The van der Waals surface area contributed by atoms with Crippen molar-refractivity contribution in [2.75, 3.05) is 25.0 Å². The number of likely N-dealkylation sites (tertiary alicyclic amines) is 1. The van der Waals surface area contributed by atoms with Gasteiger partial charge in [-0.3, -0.25) is 49.1 Å². The Labute approximate surface area is 347 Å². The van der Waals surface area contributed by atoms with Gasteiger partial charge in [0.15, 0.2) is 0 Å². The largest absolute Gasteiger partial charge is 0.379 e. The molecule has 3 N–H and O–H groups in total. The maximum atomic E-state index is 16.1. The van der Waals surface area contributed by atoms with E-state index in [1.165, 1.54) is 17.0 Å². The number of aromatic amines is 1. The SMILES string of the molecule is C[C@@H]1Cc2c(ccc3[nH]ncc23)C(c2c(F)cc(NC3CN(C(=O)C4CCC(N5Cc6cc7c(cc6C5)C(=O)N(C5CCC(=O)NC5=O)C7=O)CC4)C3)cc2F)N1CC(F)F. The molecule has 61 heavy (non-hydrogen) atoms. The molecule has 0 spiro atoms. The van der Waals surface area contributed by atoms with Crippen molar-refractivity contribution in [3.63, 3.8) is 0 Å². The molecule has 6 heterocycles. The van der Waals surface area contributed by atoms with Crippen LogP contribution in [0.4, 0.5) is 23.2 Å². The number of carbonyl (C=O) groups is 5. The monoisotopic (exact) mass is 840 g/mol. The fraction of sp³-hybridized carbons (Fsp3) is 0.455. The first-order valence-corrected chi connectivity index (χ1v) is 21.0. The van der Waals surface area contributed by atoms with Crippen LogP contribution in [0.15, 0.2) is 42.6 Å². The van der Waals surface area contributed by atoms with Crippen LogP contribution in [-0.2, 0) is 33.9 Å². The zero-order valence-corrected chi connectivity index (χ0v) is 33.4. The van der Waals surface area contributed by atoms with Gasteiger partial charge >= 0.3 is 0 Å². The number of imide groups is 2. The first-order valence-electron chi connectivity index (χ1n) is 21.0. The molecule has 17 heteroatoms. The average molecular weight is 841 g/mol. The van der Waals surface area contributed by atoms with E-state index in [0.29, 0.717) is 51.0 Å². The quantitative estimate of drug-likeness (QED) is 0.164. The number of carbonyl (C=O) groups excluding carboxylic acids is 5. The van der Waals surface area contributed by atoms with Gasteiger partial charge in [0.1, 0.15) is 17.7 Å². The fourth-order valence-electron chi connectivity index (χ4n) is 10.7. The molecule has 5 amide bonds. The lowest BCUT2D eigenvalue weighted by Crippen LogP contribution is -2.58. The van der Waals surface area contributed by atoms with Crippen LogP contribution in [0.25, 0.3) is 10.9 Å². The lowest BCUT2D eigenvalue weighted by molar-refractivity contribution is -0.141. The summed E-state index contributed by atoms with van der Waals surface area (Å²) in [5.74, 6) is -3.88. The number of nitrogens with zero attached hydrogens (tertiary/aromatic N) is 5. The predicted molar refractivity (Wildman–Crippen MR) is 212 cm³/mol. The fourth-order valence-corrected chi connectivity index (χ4v) is 10.7. The van der Waals surface area contributed by atoms with E-state index in [2.05, 4.69) is 25.7 Å². The van der Waals surface area contributed by atoms with E-state index in [1.54, 1.807) is 42.3 Å². The van der Waals surface area contributed by atoms with Gasteiger partial charge in [-0.25, -0.2) is 17.6 Å². The van der Waals surface area contributed by atoms with Crippen LogP contribution in [0.5, 0.6) is 0 Å². The van der Waals surface area contributed by atoms with Crippen molar-refractivity contribution < 1.29 is 41.5 Å². The number of benzene rings is 3. The van der Waals surface area contributed by atoms with Crippen molar-refractivity contribution >= 4 is 46.1 Å². The number of nitrogens with one attached hydrogen (secondary N) is 3. The topological polar surface area (TPSA) is 151 Å². The van der Waals surface area contributed by atoms with Gasteiger partial charge in [-0.15, -0.1) is 0 Å². The Bertz CT molecular complexity index is 2450. The number of alkyl halides is 2. The number of hydrogen-bond acceptors (Lipinski definition) is 9. The number of piperidine rings is 1. The van der Waals surface area contributed by atoms with E-state index < -0.39 is 66.4 Å². The molecule has 0 bridgehead atoms. The zero-order valence-electron chi connectivity index (χ0n) is 33.4. The van der Waals surface area contributed by atoms with Crippen molar-refractivity contribution in [1.29, 1.82) is 0 Å². The Kier molecular flexibility index (Phi) is 9.73. The number of rotatable bonds is 8. The highest BCUT2D eigenvalue weighted by molar-refractivity contribution is 6.23. The zero-order chi connectivity index (χ0) is 42.4. The minimum atomic E-state index is -2.70. The molecule has 2 saturated heterocycles. The second-order valence-corrected chi connectivity index (χ2v) is 17.5. The molecular formula is C44H44F4N8O5. The van der Waals surface area contributed by atoms with Crippen LogP contribution in [-0.4, -0.2) is 110 Å². The number of aromatic nitrogens is 2. The number of hydrogen-bond donors (Lipinski definition) is 3. The molecule has 5 aliphatic heterocycles. The van der Waals surface area contributed by atoms with E-state index in [9.17, 15) is 32.8 Å². The number of fused-ring (bicyclic) bond motifs is 5. The van der Waals surface area contributed by atoms with Crippen LogP contribution in [0, 0.1) is 17.6 Å². The average Bonchev–Trinajstić information content (AvgIpc) is 3.92. The molecule has 4 aromatic rings. The molecule has 0 radical (unpaired) electrons. The molecule has 3 aromatic carbocycles. The van der Waals surface area contributed by atoms with Gasteiger partial charge in [-0.2, -0.15) is 5.10 Å². The van der Waals surface area contributed by atoms with Gasteiger partial charge in [0, 0.05) is 67.2 Å². The van der Waals surface area contributed by atoms with E-state index in [-0.39, 0.29) is 59.1 Å². The standard InChI is InChI=1S/C44H44F4N8O5/c1-21-10-29-28(6-7-35-32(29)15-49-52-35)40(55(21)20-37(47)48)39-33(45)13-25(14-34(39)46)50-26-18-54(19-26)42(59)22-2-4-27(5-3-22)53-16-23-11-30-31(12-24(23)17-53)44(61)56(43(30)60)36-8-9-38(57)51-41(36)58/h6-7,11-15,21-22,26-27,36-37,40,50H,2-5,8-10,16-20H2,1H3,(H,49,52)(H,51,57,58)/t21-,22?,27?,36?,40?/m1/s1. The maximum absolute atomic E-state index is 16.1. The second-order valence-electron chi connectivity index (χ2n) is 17.5. The normalized spacial score (nSPS) is 25.8. The number of amides is 5. The molecule has 318 valence electrons. The molecule has 3 fully saturated rings. The van der Waals surface area contributed by atoms with Crippen LogP contribution in [0.3, 0.4) is 0 Å². The van der Waals surface area contributed by atoms with E-state index in [1.807, 2.05) is 0 Å². The summed E-state index contributed by atoms with van der Waals surface area (Å²) in [6.07, 6.45) is 2.55. The third-order valence-electron chi connectivity index (χ3n) is 13.8. The van der Waals surface area contributed by atoms with Gasteiger partial charge in [0.05, 0.1) is 41.5 Å². The Morgan fingerprint density at radius 3 is 2.23 bits per heavy atom. The molecule has 2 unspecified atom stereocenters. The summed E-state index contributed by atoms with van der Waals surface area (Å²) in [5.41, 5.74) is 4.54. The first kappa shape index (κ1) is 39.5. The summed E-state index contributed by atoms with van der Waals surface area (Å²) < 4.78 is 59.9. The molecule has 1 aliphatic carbocycles. The summed E-state index contributed by atoms with van der Waals surface area (Å²) in [6.45, 7) is 3.10. The molecule has 10 rings (SSSR count). The highest BCUT2D eigenvalue weighted by Crippen LogP contribution is 2.44. The van der Waals surface area contributed by atoms with Gasteiger partial charge in [0.25, 0.3) is 18.2 Å². The lowest BCUT2D eigenvalue weighted by atomic mass is 9.83. The third kappa shape index (κ3) is 6.76. The van der Waals surface area contributed by atoms with E-state index >= 15 is 8.78 Å². The van der Waals surface area contributed by atoms with Gasteiger partial charge < -0.3 is 10.2 Å². The molecular weight excluding hydrogens is 797 g/mol. The van der Waals surface area contributed by atoms with Crippen molar-refractivity contribution in [3.05, 3.63) is 93.2 Å². The molecule has 1 aromatic heterocycles. The smallest absolute Gasteiger partial charge is 0.262 e. The number of halogens is 4. The number of anilines is 1. The summed E-state index contributed by atoms with van der Waals surface area (Å²) >= 11 is 0. The van der Waals surface area contributed by atoms with Gasteiger partial charge in [-0.05, 0) is 98.0 Å². The Morgan fingerprint density at radius 1 is 0.918 bits per heavy atom. The van der Waals surface area contributed by atoms with Crippen molar-refractivity contribution in [3.8, 4) is 0 Å². The van der Waals surface area contributed by atoms with Crippen LogP contribution >= 0.6 is 0 Å². The van der Waals surface area contributed by atoms with Crippen LogP contribution in [0.1, 0.15) is 100 Å². The van der Waals surface area contributed by atoms with Crippen molar-refractivity contribution in [2.45, 2.75) is 102 Å². The molecule has 6 aliphatic rings. The molecule has 3 atom stereocenters. The van der Waals surface area contributed by atoms with Crippen molar-refractivity contribution in [1.82, 2.24) is 35.1 Å². The second kappa shape index (κ2) is 15.0.